The molecule has 0 spiro atoms. The van der Waals surface area contributed by atoms with Crippen LogP contribution < -0.4 is 10.6 Å². The predicted molar refractivity (Wildman–Crippen MR) is 90.3 cm³/mol. The first-order valence-corrected chi connectivity index (χ1v) is 8.75. The largest absolute Gasteiger partial charge is 0.373 e. The summed E-state index contributed by atoms with van der Waals surface area (Å²) in [5, 5.41) is 6.12. The summed E-state index contributed by atoms with van der Waals surface area (Å²) in [4.78, 5) is 16.9. The molecule has 1 amide bonds. The van der Waals surface area contributed by atoms with Crippen LogP contribution in [0.2, 0.25) is 0 Å². The van der Waals surface area contributed by atoms with Gasteiger partial charge >= 0.3 is 0 Å². The highest BCUT2D eigenvalue weighted by Gasteiger charge is 2.36. The molecule has 0 unspecified atom stereocenters. The first kappa shape index (κ1) is 16.1. The normalized spacial score (nSPS) is 16.4. The van der Waals surface area contributed by atoms with Crippen molar-refractivity contribution in [3.8, 4) is 0 Å². The van der Waals surface area contributed by atoms with Crippen molar-refractivity contribution < 1.29 is 4.79 Å². The number of amides is 1. The summed E-state index contributed by atoms with van der Waals surface area (Å²) in [7, 11) is 1.82. The van der Waals surface area contributed by atoms with Crippen LogP contribution in [0.15, 0.2) is 12.1 Å². The molecular formula is C16H25N3OS. The number of rotatable bonds is 6. The summed E-state index contributed by atoms with van der Waals surface area (Å²) < 4.78 is 0.259. The Kier molecular flexibility index (Phi) is 5.14. The van der Waals surface area contributed by atoms with Gasteiger partial charge in [0.15, 0.2) is 0 Å². The van der Waals surface area contributed by atoms with Crippen LogP contribution in [0.3, 0.4) is 0 Å². The molecule has 1 aromatic heterocycles. The highest BCUT2D eigenvalue weighted by molar-refractivity contribution is 8.00. The Labute approximate surface area is 131 Å². The smallest absolute Gasteiger partial charge is 0.251 e. The Hall–Kier alpha value is -1.23. The summed E-state index contributed by atoms with van der Waals surface area (Å²) in [5.74, 6) is 1.04. The topological polar surface area (TPSA) is 54.0 Å². The number of carbonyl (C=O) groups is 1. The molecule has 0 aliphatic heterocycles. The van der Waals surface area contributed by atoms with E-state index in [0.717, 1.165) is 18.1 Å². The summed E-state index contributed by atoms with van der Waals surface area (Å²) in [6.07, 6.45) is 5.80. The summed E-state index contributed by atoms with van der Waals surface area (Å²) >= 11 is 1.87. The minimum atomic E-state index is -0.00359. The first-order chi connectivity index (χ1) is 9.99. The Morgan fingerprint density at radius 3 is 2.62 bits per heavy atom. The van der Waals surface area contributed by atoms with Crippen molar-refractivity contribution in [2.45, 2.75) is 43.8 Å². The Balaban J connectivity index is 2.09. The number of pyridine rings is 1. The second-order valence-electron chi connectivity index (χ2n) is 5.99. The lowest BCUT2D eigenvalue weighted by molar-refractivity contribution is 0.0943. The number of carbonyl (C=O) groups excluding carboxylic acids is 1. The Morgan fingerprint density at radius 2 is 2.14 bits per heavy atom. The van der Waals surface area contributed by atoms with Gasteiger partial charge in [0.25, 0.3) is 5.91 Å². The van der Waals surface area contributed by atoms with Gasteiger partial charge in [-0.15, -0.1) is 0 Å². The summed E-state index contributed by atoms with van der Waals surface area (Å²) in [6.45, 7) is 4.92. The fourth-order valence-electron chi connectivity index (χ4n) is 2.47. The monoisotopic (exact) mass is 307 g/mol. The Bertz CT molecular complexity index is 507. The number of nitrogens with zero attached hydrogens (tertiary/aromatic N) is 1. The van der Waals surface area contributed by atoms with Crippen LogP contribution in [0.4, 0.5) is 5.82 Å². The van der Waals surface area contributed by atoms with E-state index in [1.807, 2.05) is 30.9 Å². The number of aromatic nitrogens is 1. The van der Waals surface area contributed by atoms with Crippen LogP contribution in [0.25, 0.3) is 0 Å². The zero-order chi connectivity index (χ0) is 15.5. The van der Waals surface area contributed by atoms with Gasteiger partial charge in [-0.2, -0.15) is 11.8 Å². The maximum absolute atomic E-state index is 12.4. The Morgan fingerprint density at radius 1 is 1.43 bits per heavy atom. The van der Waals surface area contributed by atoms with E-state index in [0.29, 0.717) is 11.5 Å². The van der Waals surface area contributed by atoms with E-state index in [1.54, 1.807) is 0 Å². The molecule has 2 N–H and O–H groups in total. The van der Waals surface area contributed by atoms with Crippen molar-refractivity contribution in [2.75, 3.05) is 25.2 Å². The van der Waals surface area contributed by atoms with Gasteiger partial charge in [0.05, 0.1) is 0 Å². The van der Waals surface area contributed by atoms with Gasteiger partial charge in [0.1, 0.15) is 5.82 Å². The van der Waals surface area contributed by atoms with Crippen molar-refractivity contribution in [1.82, 2.24) is 10.3 Å². The molecule has 1 aromatic rings. The number of hydrogen-bond donors (Lipinski definition) is 2. The molecule has 0 atom stereocenters. The van der Waals surface area contributed by atoms with Crippen LogP contribution in [-0.4, -0.2) is 35.5 Å². The highest BCUT2D eigenvalue weighted by Crippen LogP contribution is 2.42. The van der Waals surface area contributed by atoms with Crippen molar-refractivity contribution in [2.24, 2.45) is 0 Å². The number of thioether (sulfide) groups is 1. The minimum absolute atomic E-state index is 0.00359. The van der Waals surface area contributed by atoms with Crippen molar-refractivity contribution >= 4 is 23.5 Å². The SMILES string of the molecule is CNc1cc(C(=O)NCC2(SC)CCC2)cc(C(C)C)n1. The van der Waals surface area contributed by atoms with Crippen molar-refractivity contribution in [1.29, 1.82) is 0 Å². The number of nitrogens with one attached hydrogen (secondary N) is 2. The second kappa shape index (κ2) is 6.69. The van der Waals surface area contributed by atoms with Crippen LogP contribution in [0.1, 0.15) is 55.1 Å². The molecule has 116 valence electrons. The molecule has 1 saturated carbocycles. The second-order valence-corrected chi connectivity index (χ2v) is 7.27. The van der Waals surface area contributed by atoms with Gasteiger partial charge in [0, 0.05) is 29.6 Å². The molecule has 1 aliphatic rings. The third-order valence-corrected chi connectivity index (χ3v) is 5.64. The van der Waals surface area contributed by atoms with Gasteiger partial charge in [-0.05, 0) is 37.1 Å². The molecule has 1 fully saturated rings. The third kappa shape index (κ3) is 3.70. The average molecular weight is 307 g/mol. The lowest BCUT2D eigenvalue weighted by atomic mass is 9.84. The van der Waals surface area contributed by atoms with Crippen LogP contribution in [0, 0.1) is 0 Å². The van der Waals surface area contributed by atoms with Gasteiger partial charge < -0.3 is 10.6 Å². The van der Waals surface area contributed by atoms with Crippen LogP contribution in [0.5, 0.6) is 0 Å². The van der Waals surface area contributed by atoms with E-state index in [9.17, 15) is 4.79 Å². The lowest BCUT2D eigenvalue weighted by Gasteiger charge is -2.40. The van der Waals surface area contributed by atoms with E-state index in [-0.39, 0.29) is 10.7 Å². The molecule has 0 saturated heterocycles. The van der Waals surface area contributed by atoms with E-state index in [2.05, 4.69) is 35.7 Å². The van der Waals surface area contributed by atoms with Gasteiger partial charge in [0.2, 0.25) is 0 Å². The van der Waals surface area contributed by atoms with Gasteiger partial charge in [-0.3, -0.25) is 4.79 Å². The van der Waals surface area contributed by atoms with E-state index >= 15 is 0 Å². The fraction of sp³-hybridized carbons (Fsp3) is 0.625. The molecule has 0 aromatic carbocycles. The highest BCUT2D eigenvalue weighted by atomic mass is 32.2. The zero-order valence-corrected chi connectivity index (χ0v) is 14.1. The van der Waals surface area contributed by atoms with E-state index in [1.165, 1.54) is 19.3 Å². The quantitative estimate of drug-likeness (QED) is 0.847. The molecule has 0 bridgehead atoms. The number of anilines is 1. The summed E-state index contributed by atoms with van der Waals surface area (Å²) in [5.41, 5.74) is 1.63. The molecule has 21 heavy (non-hydrogen) atoms. The maximum atomic E-state index is 12.4. The van der Waals surface area contributed by atoms with E-state index < -0.39 is 0 Å². The minimum Gasteiger partial charge on any atom is -0.373 e. The standard InChI is InChI=1S/C16H25N3OS/c1-11(2)13-8-12(9-14(17-3)19-13)15(20)18-10-16(21-4)6-5-7-16/h8-9,11H,5-7,10H2,1-4H3,(H,17,19)(H,18,20). The van der Waals surface area contributed by atoms with Crippen LogP contribution in [-0.2, 0) is 0 Å². The first-order valence-electron chi connectivity index (χ1n) is 7.53. The molecule has 1 aliphatic carbocycles. The third-order valence-electron chi connectivity index (χ3n) is 4.22. The van der Waals surface area contributed by atoms with E-state index in [4.69, 9.17) is 0 Å². The average Bonchev–Trinajstić information content (AvgIpc) is 2.45. The summed E-state index contributed by atoms with van der Waals surface area (Å²) in [6, 6.07) is 3.71. The van der Waals surface area contributed by atoms with Crippen molar-refractivity contribution in [3.05, 3.63) is 23.4 Å². The predicted octanol–water partition coefficient (Wildman–Crippen LogP) is 3.26. The molecule has 1 heterocycles. The lowest BCUT2D eigenvalue weighted by Crippen LogP contribution is -2.45. The number of hydrogen-bond acceptors (Lipinski definition) is 4. The molecule has 2 rings (SSSR count). The molecule has 4 nitrogen and oxygen atoms in total. The van der Waals surface area contributed by atoms with Crippen molar-refractivity contribution in [3.63, 3.8) is 0 Å². The fourth-order valence-corrected chi connectivity index (χ4v) is 3.39. The molecule has 5 heteroatoms. The maximum Gasteiger partial charge on any atom is 0.251 e. The molecule has 0 radical (unpaired) electrons. The van der Waals surface area contributed by atoms with Gasteiger partial charge in [-0.25, -0.2) is 4.98 Å². The molecular weight excluding hydrogens is 282 g/mol. The van der Waals surface area contributed by atoms with Crippen LogP contribution >= 0.6 is 11.8 Å². The zero-order valence-electron chi connectivity index (χ0n) is 13.3. The van der Waals surface area contributed by atoms with Gasteiger partial charge in [-0.1, -0.05) is 20.3 Å².